The maximum atomic E-state index is 12.6. The van der Waals surface area contributed by atoms with E-state index in [0.717, 1.165) is 0 Å². The van der Waals surface area contributed by atoms with Gasteiger partial charge in [0.25, 0.3) is 0 Å². The Labute approximate surface area is 237 Å². The summed E-state index contributed by atoms with van der Waals surface area (Å²) in [6.45, 7) is -1.58. The number of benzene rings is 2. The summed E-state index contributed by atoms with van der Waals surface area (Å²) in [6.07, 6.45) is 0. The summed E-state index contributed by atoms with van der Waals surface area (Å²) >= 11 is -2.25. The van der Waals surface area contributed by atoms with E-state index in [1.165, 1.54) is 37.6 Å². The van der Waals surface area contributed by atoms with Crippen LogP contribution in [0.5, 0.6) is 0 Å². The zero-order valence-corrected chi connectivity index (χ0v) is 26.3. The topological polar surface area (TPSA) is 199 Å². The van der Waals surface area contributed by atoms with Crippen LogP contribution in [0.15, 0.2) is 53.4 Å². The van der Waals surface area contributed by atoms with Crippen LogP contribution in [0.2, 0.25) is 14.8 Å². The first-order valence-electron chi connectivity index (χ1n) is 12.2. The van der Waals surface area contributed by atoms with Crippen molar-refractivity contribution < 1.29 is 37.8 Å². The Balaban J connectivity index is 2.00. The molecule has 218 valence electrons. The number of rotatable bonds is 15. The number of nitrogens with two attached hydrogens (primary N) is 1. The van der Waals surface area contributed by atoms with E-state index >= 15 is 0 Å². The molecule has 15 heteroatoms. The Morgan fingerprint density at radius 1 is 0.725 bits per heavy atom. The molecular formula is C25H35N5O8SSn. The molecule has 2 aromatic carbocycles. The third kappa shape index (κ3) is 12.0. The number of carbonyl (C=O) groups is 4. The molecule has 0 fully saturated rings. The molecule has 0 heterocycles. The Hall–Kier alpha value is -3.05. The number of carboxylic acids is 2. The quantitative estimate of drug-likeness (QED) is 0.162. The van der Waals surface area contributed by atoms with Crippen molar-refractivity contribution in [3.05, 3.63) is 48.5 Å². The van der Waals surface area contributed by atoms with E-state index in [9.17, 15) is 37.8 Å². The van der Waals surface area contributed by atoms with E-state index < -0.39 is 65.2 Å². The van der Waals surface area contributed by atoms with Crippen LogP contribution in [0.1, 0.15) is 0 Å². The third-order valence-corrected chi connectivity index (χ3v) is 12.5. The number of sulfonamides is 1. The van der Waals surface area contributed by atoms with Crippen LogP contribution >= 0.6 is 0 Å². The molecule has 0 saturated heterocycles. The zero-order chi connectivity index (χ0) is 30.1. The summed E-state index contributed by atoms with van der Waals surface area (Å²) in [7, 11) is -3.90. The van der Waals surface area contributed by atoms with Crippen molar-refractivity contribution in [1.82, 2.24) is 9.80 Å². The maximum absolute atomic E-state index is 12.6. The van der Waals surface area contributed by atoms with Gasteiger partial charge >= 0.3 is 154 Å². The SMILES string of the molecule is [CH3][Sn]([CH3])([CH3])[c]1ccc(NC(=O)CN(CCN(CC(=O)O)CC(=O)Nc2ccc(S(N)(=O)=O)cc2)CC(=O)O)cc1. The minimum absolute atomic E-state index is 0.000760. The van der Waals surface area contributed by atoms with Gasteiger partial charge in [0.05, 0.1) is 4.90 Å². The fourth-order valence-electron chi connectivity index (χ4n) is 3.68. The van der Waals surface area contributed by atoms with Crippen LogP contribution in [0.25, 0.3) is 0 Å². The van der Waals surface area contributed by atoms with Crippen molar-refractivity contribution in [2.45, 2.75) is 19.7 Å². The molecule has 2 rings (SSSR count). The predicted molar refractivity (Wildman–Crippen MR) is 153 cm³/mol. The summed E-state index contributed by atoms with van der Waals surface area (Å²) in [5.41, 5.74) is 0.858. The van der Waals surface area contributed by atoms with Crippen LogP contribution in [0, 0.1) is 0 Å². The monoisotopic (exact) mass is 685 g/mol. The van der Waals surface area contributed by atoms with Crippen molar-refractivity contribution in [3.63, 3.8) is 0 Å². The van der Waals surface area contributed by atoms with Crippen molar-refractivity contribution in [2.75, 3.05) is 49.9 Å². The molecule has 13 nitrogen and oxygen atoms in total. The summed E-state index contributed by atoms with van der Waals surface area (Å²) in [6, 6.07) is 12.7. The summed E-state index contributed by atoms with van der Waals surface area (Å²) in [5.74, 6) is -3.37. The number of hydrogen-bond acceptors (Lipinski definition) is 8. The Kier molecular flexibility index (Phi) is 12.1. The van der Waals surface area contributed by atoms with E-state index in [4.69, 9.17) is 5.14 Å². The first kappa shape index (κ1) is 33.2. The average molecular weight is 684 g/mol. The second-order valence-electron chi connectivity index (χ2n) is 10.2. The minimum atomic E-state index is -3.90. The first-order chi connectivity index (χ1) is 18.5. The molecule has 0 spiro atoms. The molecule has 0 aromatic heterocycles. The molecule has 0 radical (unpaired) electrons. The van der Waals surface area contributed by atoms with Gasteiger partial charge in [-0.25, -0.2) is 13.6 Å². The molecule has 0 aliphatic carbocycles. The second kappa shape index (κ2) is 14.5. The average Bonchev–Trinajstić information content (AvgIpc) is 2.81. The van der Waals surface area contributed by atoms with E-state index in [2.05, 4.69) is 25.5 Å². The number of primary sulfonamides is 1. The molecule has 0 unspecified atom stereocenters. The van der Waals surface area contributed by atoms with Gasteiger partial charge in [0.1, 0.15) is 0 Å². The third-order valence-electron chi connectivity index (χ3n) is 5.69. The van der Waals surface area contributed by atoms with Crippen LogP contribution in [-0.2, 0) is 29.2 Å². The Morgan fingerprint density at radius 2 is 1.10 bits per heavy atom. The molecule has 0 aliphatic heterocycles. The number of amides is 2. The van der Waals surface area contributed by atoms with Gasteiger partial charge in [-0.1, -0.05) is 0 Å². The number of anilines is 2. The van der Waals surface area contributed by atoms with Gasteiger partial charge in [-0.05, 0) is 24.3 Å². The second-order valence-corrected chi connectivity index (χ2v) is 26.3. The van der Waals surface area contributed by atoms with Crippen molar-refractivity contribution in [2.24, 2.45) is 5.14 Å². The fraction of sp³-hybridized carbons (Fsp3) is 0.360. The Morgan fingerprint density at radius 3 is 1.43 bits per heavy atom. The van der Waals surface area contributed by atoms with Gasteiger partial charge in [0, 0.05) is 5.69 Å². The standard InChI is InChI=1S/C22H26N5O8S.3CH3.Sn/c23-36(34,35)18-8-6-17(7-9-18)25-20(29)13-27(15-22(32)33)11-10-26(14-21(30)31)12-19(28)24-16-4-2-1-3-5-16;;;;/h2-9H,10-15H2,(H,24,28)(H,25,29)(H,30,31)(H,32,33)(H2,23,34,35);3*1H3;. The predicted octanol–water partition coefficient (Wildman–Crippen LogP) is 0.230. The number of nitrogens with zero attached hydrogens (tertiary/aromatic N) is 2. The summed E-state index contributed by atoms with van der Waals surface area (Å²) in [5, 5.41) is 28.9. The van der Waals surface area contributed by atoms with E-state index in [-0.39, 0.29) is 36.8 Å². The van der Waals surface area contributed by atoms with E-state index in [1.807, 2.05) is 24.3 Å². The van der Waals surface area contributed by atoms with Gasteiger partial charge < -0.3 is 10.4 Å². The van der Waals surface area contributed by atoms with Crippen LogP contribution in [0.4, 0.5) is 11.4 Å². The zero-order valence-electron chi connectivity index (χ0n) is 22.6. The molecule has 40 heavy (non-hydrogen) atoms. The molecule has 2 amide bonds. The number of carboxylic acid groups (broad SMARTS) is 2. The van der Waals surface area contributed by atoms with Crippen molar-refractivity contribution in [1.29, 1.82) is 0 Å². The number of carbonyl (C=O) groups excluding carboxylic acids is 2. The van der Waals surface area contributed by atoms with Gasteiger partial charge in [-0.2, -0.15) is 0 Å². The van der Waals surface area contributed by atoms with Crippen molar-refractivity contribution >= 4 is 67.1 Å². The normalized spacial score (nSPS) is 11.8. The number of hydrogen-bond donors (Lipinski definition) is 5. The summed E-state index contributed by atoms with van der Waals surface area (Å²) < 4.78 is 24.0. The van der Waals surface area contributed by atoms with Crippen LogP contribution in [-0.4, -0.2) is 110 Å². The molecule has 0 atom stereocenters. The first-order valence-corrected chi connectivity index (χ1v) is 23.8. The Bertz CT molecular complexity index is 1310. The molecule has 6 N–H and O–H groups in total. The molecular weight excluding hydrogens is 649 g/mol. The van der Waals surface area contributed by atoms with Crippen LogP contribution < -0.4 is 19.4 Å². The van der Waals surface area contributed by atoms with Crippen molar-refractivity contribution in [3.8, 4) is 0 Å². The van der Waals surface area contributed by atoms with Gasteiger partial charge in [0.15, 0.2) is 0 Å². The molecule has 2 aromatic rings. The number of nitrogens with one attached hydrogen (secondary N) is 2. The summed E-state index contributed by atoms with van der Waals surface area (Å²) in [4.78, 5) is 57.2. The van der Waals surface area contributed by atoms with Gasteiger partial charge in [-0.15, -0.1) is 0 Å². The van der Waals surface area contributed by atoms with E-state index in [1.54, 1.807) is 0 Å². The van der Waals surface area contributed by atoms with Gasteiger partial charge in [0.2, 0.25) is 15.9 Å². The molecule has 0 saturated carbocycles. The fourth-order valence-corrected chi connectivity index (χ4v) is 7.53. The molecule has 0 bridgehead atoms. The van der Waals surface area contributed by atoms with E-state index in [0.29, 0.717) is 5.69 Å². The number of aliphatic carboxylic acids is 2. The molecule has 0 aliphatic rings. The van der Waals surface area contributed by atoms with Crippen LogP contribution in [0.3, 0.4) is 0 Å². The van der Waals surface area contributed by atoms with Gasteiger partial charge in [-0.3, -0.25) is 9.59 Å².